The fraction of sp³-hybridized carbons (Fsp3) is 0.286. The van der Waals surface area contributed by atoms with Crippen molar-refractivity contribution in [1.29, 1.82) is 0 Å². The quantitative estimate of drug-likeness (QED) is 0.428. The van der Waals surface area contributed by atoms with Crippen LogP contribution in [0.5, 0.6) is 11.5 Å². The molecule has 0 saturated carbocycles. The average Bonchev–Trinajstić information content (AvgIpc) is 3.20. The molecule has 9 nitrogen and oxygen atoms in total. The number of carbonyl (C=O) groups is 2. The van der Waals surface area contributed by atoms with Gasteiger partial charge in [-0.05, 0) is 50.6 Å². The topological polar surface area (TPSA) is 105 Å². The van der Waals surface area contributed by atoms with E-state index in [-0.39, 0.29) is 17.2 Å². The molecular weight excluding hydrogens is 508 g/mol. The van der Waals surface area contributed by atoms with Crippen LogP contribution in [0.3, 0.4) is 0 Å². The minimum Gasteiger partial charge on any atom is -0.493 e. The van der Waals surface area contributed by atoms with Gasteiger partial charge in [-0.3, -0.25) is 9.36 Å². The average molecular weight is 537 g/mol. The lowest BCUT2D eigenvalue weighted by molar-refractivity contribution is -0.143. The lowest BCUT2D eigenvalue weighted by Crippen LogP contribution is -2.40. The molecule has 1 atom stereocenters. The number of aromatic nitrogens is 1. The van der Waals surface area contributed by atoms with E-state index in [9.17, 15) is 14.4 Å². The number of ether oxygens (including phenoxy) is 4. The molecule has 0 radical (unpaired) electrons. The predicted molar refractivity (Wildman–Crippen MR) is 142 cm³/mol. The van der Waals surface area contributed by atoms with Gasteiger partial charge in [0.15, 0.2) is 16.3 Å². The van der Waals surface area contributed by atoms with Gasteiger partial charge >= 0.3 is 11.9 Å². The highest BCUT2D eigenvalue weighted by atomic mass is 32.1. The van der Waals surface area contributed by atoms with Crippen molar-refractivity contribution in [3.05, 3.63) is 90.1 Å². The van der Waals surface area contributed by atoms with Crippen LogP contribution in [0.4, 0.5) is 0 Å². The van der Waals surface area contributed by atoms with Gasteiger partial charge in [0, 0.05) is 5.56 Å². The smallest absolute Gasteiger partial charge is 0.338 e. The maximum atomic E-state index is 13.8. The van der Waals surface area contributed by atoms with E-state index in [4.69, 9.17) is 18.9 Å². The third-order valence-electron chi connectivity index (χ3n) is 5.95. The van der Waals surface area contributed by atoms with Crippen LogP contribution in [0, 0.1) is 0 Å². The molecule has 1 aromatic heterocycles. The van der Waals surface area contributed by atoms with E-state index in [0.29, 0.717) is 43.2 Å². The first-order valence-corrected chi connectivity index (χ1v) is 12.6. The Balaban J connectivity index is 1.94. The molecule has 0 amide bonds. The molecule has 38 heavy (non-hydrogen) atoms. The van der Waals surface area contributed by atoms with E-state index >= 15 is 0 Å². The summed E-state index contributed by atoms with van der Waals surface area (Å²) < 4.78 is 23.1. The van der Waals surface area contributed by atoms with Crippen LogP contribution < -0.4 is 24.4 Å². The molecule has 0 spiro atoms. The standard InChI is InChI=1S/C28H28N2O7S/c1-15(2)37-27(33)22-16(3)29-28-30(23(22)17-10-12-18(13-11-17)26(32)36-6)25(31)21(38-28)14-19-8-7-9-20(34-4)24(19)35-5/h7-15,23H,1-6H3. The number of allylic oxidation sites excluding steroid dienone is 1. The molecule has 4 rings (SSSR count). The Morgan fingerprint density at radius 3 is 2.34 bits per heavy atom. The van der Waals surface area contributed by atoms with E-state index in [2.05, 4.69) is 4.99 Å². The molecule has 0 aliphatic carbocycles. The number of nitrogens with zero attached hydrogens (tertiary/aromatic N) is 2. The number of para-hydroxylation sites is 1. The fourth-order valence-electron chi connectivity index (χ4n) is 4.26. The molecule has 1 aliphatic heterocycles. The number of hydrogen-bond acceptors (Lipinski definition) is 9. The molecule has 2 heterocycles. The Bertz CT molecular complexity index is 1600. The van der Waals surface area contributed by atoms with Crippen LogP contribution in [-0.4, -0.2) is 43.9 Å². The zero-order valence-corrected chi connectivity index (χ0v) is 22.8. The zero-order chi connectivity index (χ0) is 27.6. The molecule has 198 valence electrons. The summed E-state index contributed by atoms with van der Waals surface area (Å²) in [6.45, 7) is 5.23. The number of methoxy groups -OCH3 is 3. The van der Waals surface area contributed by atoms with E-state index in [1.165, 1.54) is 30.1 Å². The predicted octanol–water partition coefficient (Wildman–Crippen LogP) is 2.99. The monoisotopic (exact) mass is 536 g/mol. The summed E-state index contributed by atoms with van der Waals surface area (Å²) in [5.74, 6) is -0.0220. The highest BCUT2D eigenvalue weighted by molar-refractivity contribution is 7.07. The zero-order valence-electron chi connectivity index (χ0n) is 21.9. The number of hydrogen-bond donors (Lipinski definition) is 0. The number of fused-ring (bicyclic) bond motifs is 1. The second kappa shape index (κ2) is 11.1. The first-order valence-electron chi connectivity index (χ1n) is 11.8. The molecule has 10 heteroatoms. The third-order valence-corrected chi connectivity index (χ3v) is 6.93. The first kappa shape index (κ1) is 26.9. The number of thiazole rings is 1. The minimum absolute atomic E-state index is 0.252. The number of esters is 2. The van der Waals surface area contributed by atoms with Gasteiger partial charge in [-0.2, -0.15) is 0 Å². The van der Waals surface area contributed by atoms with Gasteiger partial charge in [0.25, 0.3) is 5.56 Å². The highest BCUT2D eigenvalue weighted by Gasteiger charge is 2.34. The summed E-state index contributed by atoms with van der Waals surface area (Å²) in [6, 6.07) is 11.2. The van der Waals surface area contributed by atoms with Crippen LogP contribution in [0.25, 0.3) is 6.08 Å². The van der Waals surface area contributed by atoms with Gasteiger partial charge in [0.2, 0.25) is 0 Å². The van der Waals surface area contributed by atoms with Crippen LogP contribution >= 0.6 is 11.3 Å². The normalized spacial score (nSPS) is 15.1. The van der Waals surface area contributed by atoms with Crippen molar-refractivity contribution in [2.24, 2.45) is 4.99 Å². The van der Waals surface area contributed by atoms with Gasteiger partial charge in [-0.1, -0.05) is 35.6 Å². The Morgan fingerprint density at radius 2 is 1.74 bits per heavy atom. The van der Waals surface area contributed by atoms with Gasteiger partial charge in [0.05, 0.1) is 54.8 Å². The maximum absolute atomic E-state index is 13.8. The Hall–Kier alpha value is -4.18. The second-order valence-corrected chi connectivity index (χ2v) is 9.74. The van der Waals surface area contributed by atoms with E-state index in [1.807, 2.05) is 6.07 Å². The Labute approximate surface area is 223 Å². The molecule has 3 aromatic rings. The van der Waals surface area contributed by atoms with Gasteiger partial charge in [0.1, 0.15) is 0 Å². The minimum atomic E-state index is -0.807. The Morgan fingerprint density at radius 1 is 1.03 bits per heavy atom. The van der Waals surface area contributed by atoms with Crippen LogP contribution in [-0.2, 0) is 14.3 Å². The van der Waals surface area contributed by atoms with Crippen molar-refractivity contribution in [2.45, 2.75) is 32.9 Å². The molecule has 0 fully saturated rings. The summed E-state index contributed by atoms with van der Waals surface area (Å²) in [5, 5.41) is 0. The van der Waals surface area contributed by atoms with Crippen LogP contribution in [0.1, 0.15) is 48.3 Å². The van der Waals surface area contributed by atoms with E-state index < -0.39 is 18.0 Å². The molecule has 0 bridgehead atoms. The van der Waals surface area contributed by atoms with Crippen molar-refractivity contribution in [2.75, 3.05) is 21.3 Å². The highest BCUT2D eigenvalue weighted by Crippen LogP contribution is 2.32. The summed E-state index contributed by atoms with van der Waals surface area (Å²) >= 11 is 1.20. The van der Waals surface area contributed by atoms with Crippen molar-refractivity contribution in [1.82, 2.24) is 4.57 Å². The Kier molecular flexibility index (Phi) is 7.82. The summed E-state index contributed by atoms with van der Waals surface area (Å²) in [7, 11) is 4.38. The third kappa shape index (κ3) is 4.99. The lowest BCUT2D eigenvalue weighted by atomic mass is 9.95. The first-order chi connectivity index (χ1) is 18.2. The van der Waals surface area contributed by atoms with Crippen molar-refractivity contribution >= 4 is 29.4 Å². The summed E-state index contributed by atoms with van der Waals surface area (Å²) in [5.41, 5.74) is 2.00. The SMILES string of the molecule is COC(=O)c1ccc(C2C(C(=O)OC(C)C)=C(C)N=c3sc(=Cc4cccc(OC)c4OC)c(=O)n32)cc1. The summed E-state index contributed by atoms with van der Waals surface area (Å²) in [6.07, 6.45) is 1.35. The molecule has 1 unspecified atom stereocenters. The molecule has 0 saturated heterocycles. The molecule has 1 aliphatic rings. The van der Waals surface area contributed by atoms with Crippen LogP contribution in [0.15, 0.2) is 63.5 Å². The molecule has 2 aromatic carbocycles. The van der Waals surface area contributed by atoms with Crippen LogP contribution in [0.2, 0.25) is 0 Å². The number of benzene rings is 2. The van der Waals surface area contributed by atoms with E-state index in [0.717, 1.165) is 0 Å². The molecule has 0 N–H and O–H groups in total. The van der Waals surface area contributed by atoms with Crippen molar-refractivity contribution < 1.29 is 28.5 Å². The summed E-state index contributed by atoms with van der Waals surface area (Å²) in [4.78, 5) is 44.1. The number of carbonyl (C=O) groups excluding carboxylic acids is 2. The van der Waals surface area contributed by atoms with Crippen molar-refractivity contribution in [3.63, 3.8) is 0 Å². The van der Waals surface area contributed by atoms with E-state index in [1.54, 1.807) is 70.4 Å². The van der Waals surface area contributed by atoms with Gasteiger partial charge < -0.3 is 18.9 Å². The molecular formula is C28H28N2O7S. The van der Waals surface area contributed by atoms with Crippen molar-refractivity contribution in [3.8, 4) is 11.5 Å². The largest absolute Gasteiger partial charge is 0.493 e. The van der Waals surface area contributed by atoms with Gasteiger partial charge in [-0.25, -0.2) is 14.6 Å². The number of rotatable bonds is 7. The van der Waals surface area contributed by atoms with Gasteiger partial charge in [-0.15, -0.1) is 0 Å². The fourth-order valence-corrected chi connectivity index (χ4v) is 5.30. The lowest BCUT2D eigenvalue weighted by Gasteiger charge is -2.25. The maximum Gasteiger partial charge on any atom is 0.338 e. The second-order valence-electron chi connectivity index (χ2n) is 8.73.